The predicted molar refractivity (Wildman–Crippen MR) is 68.9 cm³/mol. The molecule has 0 saturated carbocycles. The summed E-state index contributed by atoms with van der Waals surface area (Å²) >= 11 is 0. The Hall–Kier alpha value is -1.10. The number of hydrazine groups is 1. The lowest BCUT2D eigenvalue weighted by Gasteiger charge is -2.18. The lowest BCUT2D eigenvalue weighted by molar-refractivity contribution is 0.340. The molecule has 1 saturated heterocycles. The summed E-state index contributed by atoms with van der Waals surface area (Å²) in [5.74, 6) is 1.52. The summed E-state index contributed by atoms with van der Waals surface area (Å²) < 4.78 is 5.45. The summed E-state index contributed by atoms with van der Waals surface area (Å²) in [6, 6.07) is 8.72. The average molecular weight is 235 g/mol. The molecule has 1 heterocycles. The standard InChI is InChI=1S/C13H21N3O/c1-3-17-12-6-4-10(5-7-12)13-11(8-14-2)9-15-16-13/h4-7,11,13-16H,3,8-9H2,1-2H3. The minimum atomic E-state index is 0.373. The molecule has 4 heteroatoms. The molecule has 94 valence electrons. The Balaban J connectivity index is 2.05. The number of benzene rings is 1. The Bertz CT molecular complexity index is 339. The number of nitrogens with one attached hydrogen (secondary N) is 3. The van der Waals surface area contributed by atoms with E-state index in [1.54, 1.807) is 0 Å². The van der Waals surface area contributed by atoms with Crippen LogP contribution >= 0.6 is 0 Å². The molecular weight excluding hydrogens is 214 g/mol. The van der Waals surface area contributed by atoms with Crippen molar-refractivity contribution in [2.45, 2.75) is 13.0 Å². The van der Waals surface area contributed by atoms with Crippen LogP contribution in [0.5, 0.6) is 5.75 Å². The highest BCUT2D eigenvalue weighted by Gasteiger charge is 2.27. The van der Waals surface area contributed by atoms with Crippen LogP contribution in [0, 0.1) is 5.92 Å². The second-order valence-corrected chi connectivity index (χ2v) is 4.32. The summed E-state index contributed by atoms with van der Waals surface area (Å²) in [6.45, 7) is 4.72. The molecule has 17 heavy (non-hydrogen) atoms. The van der Waals surface area contributed by atoms with Gasteiger partial charge in [0.1, 0.15) is 5.75 Å². The smallest absolute Gasteiger partial charge is 0.119 e. The maximum atomic E-state index is 5.45. The number of hydrogen-bond donors (Lipinski definition) is 3. The van der Waals surface area contributed by atoms with Crippen molar-refractivity contribution >= 4 is 0 Å². The van der Waals surface area contributed by atoms with Gasteiger partial charge in [-0.15, -0.1) is 0 Å². The Labute approximate surface area is 103 Å². The third-order valence-corrected chi connectivity index (χ3v) is 3.11. The van der Waals surface area contributed by atoms with Crippen LogP contribution < -0.4 is 20.9 Å². The van der Waals surface area contributed by atoms with Crippen LogP contribution in [-0.4, -0.2) is 26.7 Å². The summed E-state index contributed by atoms with van der Waals surface area (Å²) in [4.78, 5) is 0. The van der Waals surface area contributed by atoms with Gasteiger partial charge in [-0.25, -0.2) is 5.43 Å². The third kappa shape index (κ3) is 2.97. The first-order valence-electron chi connectivity index (χ1n) is 6.21. The first kappa shape index (κ1) is 12.4. The highest BCUT2D eigenvalue weighted by molar-refractivity contribution is 5.30. The molecule has 2 atom stereocenters. The van der Waals surface area contributed by atoms with Crippen molar-refractivity contribution in [1.29, 1.82) is 0 Å². The van der Waals surface area contributed by atoms with Gasteiger partial charge in [0.25, 0.3) is 0 Å². The highest BCUT2D eigenvalue weighted by Crippen LogP contribution is 2.25. The second-order valence-electron chi connectivity index (χ2n) is 4.32. The monoisotopic (exact) mass is 235 g/mol. The summed E-state index contributed by atoms with van der Waals surface area (Å²) in [5.41, 5.74) is 7.86. The first-order chi connectivity index (χ1) is 8.35. The van der Waals surface area contributed by atoms with Crippen LogP contribution in [0.15, 0.2) is 24.3 Å². The van der Waals surface area contributed by atoms with Gasteiger partial charge in [-0.05, 0) is 31.7 Å². The quantitative estimate of drug-likeness (QED) is 0.714. The van der Waals surface area contributed by atoms with Crippen LogP contribution in [0.1, 0.15) is 18.5 Å². The average Bonchev–Trinajstić information content (AvgIpc) is 2.79. The number of ether oxygens (including phenoxy) is 1. The van der Waals surface area contributed by atoms with E-state index in [-0.39, 0.29) is 0 Å². The fraction of sp³-hybridized carbons (Fsp3) is 0.538. The predicted octanol–water partition coefficient (Wildman–Crippen LogP) is 1.07. The molecule has 2 rings (SSSR count). The van der Waals surface area contributed by atoms with Gasteiger partial charge in [-0.2, -0.15) is 0 Å². The van der Waals surface area contributed by atoms with E-state index in [1.165, 1.54) is 5.56 Å². The zero-order valence-electron chi connectivity index (χ0n) is 10.5. The highest BCUT2D eigenvalue weighted by atomic mass is 16.5. The van der Waals surface area contributed by atoms with Crippen LogP contribution in [0.25, 0.3) is 0 Å². The lowest BCUT2D eigenvalue weighted by atomic mass is 9.95. The maximum absolute atomic E-state index is 5.45. The van der Waals surface area contributed by atoms with E-state index in [2.05, 4.69) is 28.3 Å². The van der Waals surface area contributed by atoms with Crippen molar-refractivity contribution in [2.24, 2.45) is 5.92 Å². The second kappa shape index (κ2) is 6.00. The van der Waals surface area contributed by atoms with Crippen LogP contribution in [0.3, 0.4) is 0 Å². The molecule has 1 aliphatic heterocycles. The van der Waals surface area contributed by atoms with Crippen LogP contribution in [-0.2, 0) is 0 Å². The normalized spacial score (nSPS) is 23.9. The maximum Gasteiger partial charge on any atom is 0.119 e. The van der Waals surface area contributed by atoms with E-state index in [1.807, 2.05) is 26.1 Å². The minimum Gasteiger partial charge on any atom is -0.494 e. The molecule has 2 unspecified atom stereocenters. The Morgan fingerprint density at radius 2 is 2.12 bits per heavy atom. The molecular formula is C13H21N3O. The van der Waals surface area contributed by atoms with E-state index >= 15 is 0 Å². The molecule has 1 aromatic carbocycles. The van der Waals surface area contributed by atoms with Crippen molar-refractivity contribution in [3.05, 3.63) is 29.8 Å². The van der Waals surface area contributed by atoms with Gasteiger partial charge in [0.2, 0.25) is 0 Å². The number of hydrogen-bond acceptors (Lipinski definition) is 4. The summed E-state index contributed by atoms with van der Waals surface area (Å²) in [6.07, 6.45) is 0. The molecule has 0 radical (unpaired) electrons. The lowest BCUT2D eigenvalue weighted by Crippen LogP contribution is -2.27. The summed E-state index contributed by atoms with van der Waals surface area (Å²) in [7, 11) is 1.99. The molecule has 1 aliphatic rings. The molecule has 1 fully saturated rings. The topological polar surface area (TPSA) is 45.3 Å². The van der Waals surface area contributed by atoms with Crippen molar-refractivity contribution in [1.82, 2.24) is 16.2 Å². The largest absolute Gasteiger partial charge is 0.494 e. The third-order valence-electron chi connectivity index (χ3n) is 3.11. The van der Waals surface area contributed by atoms with Gasteiger partial charge in [0.05, 0.1) is 12.6 Å². The Kier molecular flexibility index (Phi) is 4.36. The van der Waals surface area contributed by atoms with Crippen molar-refractivity contribution in [3.8, 4) is 5.75 Å². The first-order valence-corrected chi connectivity index (χ1v) is 6.21. The zero-order valence-corrected chi connectivity index (χ0v) is 10.5. The fourth-order valence-electron chi connectivity index (χ4n) is 2.28. The Morgan fingerprint density at radius 3 is 2.76 bits per heavy atom. The van der Waals surface area contributed by atoms with E-state index in [0.717, 1.165) is 18.8 Å². The minimum absolute atomic E-state index is 0.373. The van der Waals surface area contributed by atoms with Gasteiger partial charge in [0.15, 0.2) is 0 Å². The molecule has 3 N–H and O–H groups in total. The molecule has 4 nitrogen and oxygen atoms in total. The van der Waals surface area contributed by atoms with Crippen molar-refractivity contribution in [2.75, 3.05) is 26.7 Å². The molecule has 0 aliphatic carbocycles. The van der Waals surface area contributed by atoms with E-state index in [0.29, 0.717) is 18.6 Å². The van der Waals surface area contributed by atoms with Gasteiger partial charge in [-0.3, -0.25) is 5.43 Å². The number of rotatable bonds is 5. The molecule has 0 aromatic heterocycles. The molecule has 0 spiro atoms. The van der Waals surface area contributed by atoms with E-state index < -0.39 is 0 Å². The fourth-order valence-corrected chi connectivity index (χ4v) is 2.28. The zero-order chi connectivity index (χ0) is 12.1. The molecule has 0 amide bonds. The van der Waals surface area contributed by atoms with Crippen LogP contribution in [0.2, 0.25) is 0 Å². The van der Waals surface area contributed by atoms with Gasteiger partial charge >= 0.3 is 0 Å². The Morgan fingerprint density at radius 1 is 1.35 bits per heavy atom. The van der Waals surface area contributed by atoms with Crippen LogP contribution in [0.4, 0.5) is 0 Å². The van der Waals surface area contributed by atoms with Gasteiger partial charge in [0, 0.05) is 19.0 Å². The van der Waals surface area contributed by atoms with Crippen molar-refractivity contribution in [3.63, 3.8) is 0 Å². The van der Waals surface area contributed by atoms with Gasteiger partial charge in [-0.1, -0.05) is 12.1 Å². The van der Waals surface area contributed by atoms with Gasteiger partial charge < -0.3 is 10.1 Å². The van der Waals surface area contributed by atoms with E-state index in [9.17, 15) is 0 Å². The summed E-state index contributed by atoms with van der Waals surface area (Å²) in [5, 5.41) is 3.24. The molecule has 1 aromatic rings. The SMILES string of the molecule is CCOc1ccc(C2NNCC2CNC)cc1. The van der Waals surface area contributed by atoms with Crippen molar-refractivity contribution < 1.29 is 4.74 Å². The molecule has 0 bridgehead atoms. The van der Waals surface area contributed by atoms with E-state index in [4.69, 9.17) is 4.74 Å².